The second-order valence-electron chi connectivity index (χ2n) is 3.77. The summed E-state index contributed by atoms with van der Waals surface area (Å²) in [6, 6.07) is 12.1. The van der Waals surface area contributed by atoms with E-state index in [2.05, 4.69) is 11.8 Å². The van der Waals surface area contributed by atoms with Crippen molar-refractivity contribution in [1.29, 1.82) is 0 Å². The van der Waals surface area contributed by atoms with Crippen molar-refractivity contribution in [2.45, 2.75) is 6.92 Å². The Bertz CT molecular complexity index is 568. The molecule has 0 bridgehead atoms. The molecule has 2 aromatic carbocycles. The Morgan fingerprint density at radius 3 is 2.24 bits per heavy atom. The smallest absolute Gasteiger partial charge is 0.125 e. The molecule has 17 heavy (non-hydrogen) atoms. The van der Waals surface area contributed by atoms with Crippen LogP contribution in [0.5, 0.6) is 0 Å². The third-order valence-corrected chi connectivity index (χ3v) is 2.48. The minimum Gasteiger partial charge on any atom is -0.207 e. The van der Waals surface area contributed by atoms with Crippen molar-refractivity contribution < 1.29 is 4.39 Å². The molecule has 0 saturated heterocycles. The molecule has 0 fully saturated rings. The van der Waals surface area contributed by atoms with Crippen LogP contribution in [0.4, 0.5) is 4.39 Å². The second kappa shape index (κ2) is 5.03. The minimum absolute atomic E-state index is 0.359. The van der Waals surface area contributed by atoms with Crippen molar-refractivity contribution >= 4 is 11.6 Å². The van der Waals surface area contributed by atoms with Crippen molar-refractivity contribution in [3.05, 3.63) is 70.0 Å². The number of halogens is 2. The van der Waals surface area contributed by atoms with E-state index in [-0.39, 0.29) is 5.82 Å². The van der Waals surface area contributed by atoms with Gasteiger partial charge in [0.15, 0.2) is 0 Å². The number of rotatable bonds is 0. The van der Waals surface area contributed by atoms with Crippen LogP contribution in [0.2, 0.25) is 5.02 Å². The van der Waals surface area contributed by atoms with Gasteiger partial charge in [0.2, 0.25) is 0 Å². The first kappa shape index (κ1) is 11.7. The first-order chi connectivity index (χ1) is 8.13. The highest BCUT2D eigenvalue weighted by molar-refractivity contribution is 6.30. The fourth-order valence-corrected chi connectivity index (χ4v) is 1.63. The lowest BCUT2D eigenvalue weighted by molar-refractivity contribution is 0.627. The Morgan fingerprint density at radius 2 is 1.59 bits per heavy atom. The van der Waals surface area contributed by atoms with Crippen LogP contribution in [-0.4, -0.2) is 0 Å². The highest BCUT2D eigenvalue weighted by Gasteiger charge is 1.96. The third-order valence-electron chi connectivity index (χ3n) is 2.27. The highest BCUT2D eigenvalue weighted by atomic mass is 35.5. The lowest BCUT2D eigenvalue weighted by atomic mass is 10.1. The van der Waals surface area contributed by atoms with Gasteiger partial charge in [0, 0.05) is 16.1 Å². The molecule has 0 aromatic heterocycles. The van der Waals surface area contributed by atoms with Crippen LogP contribution in [0.15, 0.2) is 42.5 Å². The third kappa shape index (κ3) is 3.34. The zero-order valence-electron chi connectivity index (χ0n) is 9.30. The molecule has 0 aliphatic carbocycles. The van der Waals surface area contributed by atoms with Crippen LogP contribution in [0.3, 0.4) is 0 Å². The van der Waals surface area contributed by atoms with Crippen LogP contribution in [0.1, 0.15) is 16.7 Å². The van der Waals surface area contributed by atoms with Crippen LogP contribution < -0.4 is 0 Å². The second-order valence-corrected chi connectivity index (χ2v) is 4.21. The maximum atomic E-state index is 13.1. The predicted octanol–water partition coefficient (Wildman–Crippen LogP) is 4.19. The fourth-order valence-electron chi connectivity index (χ4n) is 1.41. The number of benzene rings is 2. The first-order valence-electron chi connectivity index (χ1n) is 5.18. The van der Waals surface area contributed by atoms with E-state index < -0.39 is 0 Å². The minimum atomic E-state index is -0.370. The van der Waals surface area contributed by atoms with Gasteiger partial charge in [-0.15, -0.1) is 0 Å². The number of aryl methyl sites for hydroxylation is 1. The first-order valence-corrected chi connectivity index (χ1v) is 5.56. The molecular weight excluding hydrogens is 235 g/mol. The zero-order chi connectivity index (χ0) is 12.3. The van der Waals surface area contributed by atoms with E-state index in [0.717, 1.165) is 5.56 Å². The molecule has 0 aliphatic heterocycles. The van der Waals surface area contributed by atoms with Crippen molar-refractivity contribution in [1.82, 2.24) is 0 Å². The van der Waals surface area contributed by atoms with E-state index in [4.69, 9.17) is 11.6 Å². The molecule has 0 heterocycles. The molecule has 2 heteroatoms. The molecule has 0 aliphatic rings. The molecule has 0 atom stereocenters. The van der Waals surface area contributed by atoms with Gasteiger partial charge in [-0.2, -0.15) is 0 Å². The monoisotopic (exact) mass is 244 g/mol. The van der Waals surface area contributed by atoms with Gasteiger partial charge in [-0.3, -0.25) is 0 Å². The van der Waals surface area contributed by atoms with E-state index in [1.165, 1.54) is 17.7 Å². The van der Waals surface area contributed by atoms with Gasteiger partial charge in [0.1, 0.15) is 5.82 Å². The lowest BCUT2D eigenvalue weighted by Crippen LogP contribution is -1.80. The van der Waals surface area contributed by atoms with Crippen molar-refractivity contribution in [3.8, 4) is 11.8 Å². The van der Waals surface area contributed by atoms with Gasteiger partial charge in [-0.25, -0.2) is 4.39 Å². The Kier molecular flexibility index (Phi) is 3.46. The summed E-state index contributed by atoms with van der Waals surface area (Å²) in [7, 11) is 0. The summed E-state index contributed by atoms with van der Waals surface area (Å²) < 4.78 is 13.1. The highest BCUT2D eigenvalue weighted by Crippen LogP contribution is 2.13. The van der Waals surface area contributed by atoms with Gasteiger partial charge in [-0.05, 0) is 37.3 Å². The van der Waals surface area contributed by atoms with Gasteiger partial charge in [0.25, 0.3) is 0 Å². The number of hydrogen-bond acceptors (Lipinski definition) is 0. The predicted molar refractivity (Wildman–Crippen MR) is 68.6 cm³/mol. The van der Waals surface area contributed by atoms with Crippen LogP contribution in [-0.2, 0) is 0 Å². The molecule has 84 valence electrons. The Hall–Kier alpha value is -1.78. The molecule has 0 nitrogen and oxygen atoms in total. The summed E-state index contributed by atoms with van der Waals surface area (Å²) in [5, 5.41) is 0.359. The average Bonchev–Trinajstić information content (AvgIpc) is 2.27. The summed E-state index contributed by atoms with van der Waals surface area (Å²) in [5.74, 6) is 5.49. The van der Waals surface area contributed by atoms with Crippen molar-refractivity contribution in [2.75, 3.05) is 0 Å². The van der Waals surface area contributed by atoms with Crippen molar-refractivity contribution in [2.24, 2.45) is 0 Å². The van der Waals surface area contributed by atoms with Crippen molar-refractivity contribution in [3.63, 3.8) is 0 Å². The summed E-state index contributed by atoms with van der Waals surface area (Å²) in [4.78, 5) is 0. The van der Waals surface area contributed by atoms with Gasteiger partial charge in [-0.1, -0.05) is 41.1 Å². The molecule has 0 radical (unpaired) electrons. The Balaban J connectivity index is 2.29. The summed E-state index contributed by atoms with van der Waals surface area (Å²) >= 11 is 5.74. The quantitative estimate of drug-likeness (QED) is 0.610. The van der Waals surface area contributed by atoms with Crippen LogP contribution in [0.25, 0.3) is 0 Å². The maximum Gasteiger partial charge on any atom is 0.125 e. The normalized spacial score (nSPS) is 9.59. The van der Waals surface area contributed by atoms with Crippen LogP contribution >= 0.6 is 11.6 Å². The van der Waals surface area contributed by atoms with Gasteiger partial charge in [0.05, 0.1) is 0 Å². The van der Waals surface area contributed by atoms with E-state index >= 15 is 0 Å². The SMILES string of the molecule is Cc1ccc(C#Cc2cc(F)cc(Cl)c2)cc1. The van der Waals surface area contributed by atoms with E-state index in [0.29, 0.717) is 10.6 Å². The molecule has 0 spiro atoms. The Morgan fingerprint density at radius 1 is 0.941 bits per heavy atom. The van der Waals surface area contributed by atoms with E-state index in [9.17, 15) is 4.39 Å². The standard InChI is InChI=1S/C15H10ClF/c1-11-2-4-12(5-3-11)6-7-13-8-14(16)10-15(17)9-13/h2-5,8-10H,1H3. The molecule has 0 saturated carbocycles. The summed E-state index contributed by atoms with van der Waals surface area (Å²) in [6.45, 7) is 2.02. The molecule has 2 rings (SSSR count). The topological polar surface area (TPSA) is 0 Å². The number of hydrogen-bond donors (Lipinski definition) is 0. The van der Waals surface area contributed by atoms with Gasteiger partial charge < -0.3 is 0 Å². The lowest BCUT2D eigenvalue weighted by Gasteiger charge is -1.94. The Labute approximate surface area is 105 Å². The van der Waals surface area contributed by atoms with Crippen LogP contribution in [0, 0.1) is 24.6 Å². The maximum absolute atomic E-state index is 13.1. The summed E-state index contributed by atoms with van der Waals surface area (Å²) in [5.41, 5.74) is 2.66. The fraction of sp³-hybridized carbons (Fsp3) is 0.0667. The average molecular weight is 245 g/mol. The molecule has 2 aromatic rings. The largest absolute Gasteiger partial charge is 0.207 e. The molecule has 0 amide bonds. The summed E-state index contributed by atoms with van der Waals surface area (Å²) in [6.07, 6.45) is 0. The molecule has 0 N–H and O–H groups in total. The zero-order valence-corrected chi connectivity index (χ0v) is 10.1. The van der Waals surface area contributed by atoms with E-state index in [1.54, 1.807) is 6.07 Å². The van der Waals surface area contributed by atoms with Gasteiger partial charge >= 0.3 is 0 Å². The van der Waals surface area contributed by atoms with E-state index in [1.807, 2.05) is 31.2 Å². The molecule has 0 unspecified atom stereocenters. The molecular formula is C15H10ClF.